The molecule has 1 aromatic rings. The summed E-state index contributed by atoms with van der Waals surface area (Å²) in [5, 5.41) is 3.50. The van der Waals surface area contributed by atoms with Crippen molar-refractivity contribution in [3.05, 3.63) is 29.8 Å². The maximum absolute atomic E-state index is 12.0. The summed E-state index contributed by atoms with van der Waals surface area (Å²) in [7, 11) is 0. The number of ether oxygens (including phenoxy) is 1. The number of hydrogen-bond acceptors (Lipinski definition) is 4. The Kier molecular flexibility index (Phi) is 4.28. The summed E-state index contributed by atoms with van der Waals surface area (Å²) in [6.07, 6.45) is 0. The first-order chi connectivity index (χ1) is 9.66. The molecule has 0 aromatic heterocycles. The minimum atomic E-state index is -0.460. The first kappa shape index (κ1) is 15.8. The van der Waals surface area contributed by atoms with Gasteiger partial charge in [-0.15, -0.1) is 0 Å². The maximum atomic E-state index is 12.0. The van der Waals surface area contributed by atoms with E-state index in [0.717, 1.165) is 25.3 Å². The zero-order valence-corrected chi connectivity index (χ0v) is 13.7. The van der Waals surface area contributed by atoms with Gasteiger partial charge in [0.2, 0.25) is 0 Å². The molecule has 21 heavy (non-hydrogen) atoms. The van der Waals surface area contributed by atoms with Crippen molar-refractivity contribution in [3.63, 3.8) is 0 Å². The molecular weight excluding hydrogens is 264 g/mol. The van der Waals surface area contributed by atoms with Crippen LogP contribution in [0.4, 0.5) is 5.69 Å². The van der Waals surface area contributed by atoms with Gasteiger partial charge >= 0.3 is 5.97 Å². The summed E-state index contributed by atoms with van der Waals surface area (Å²) < 4.78 is 5.38. The Morgan fingerprint density at radius 3 is 2.38 bits per heavy atom. The third kappa shape index (κ3) is 4.46. The van der Waals surface area contributed by atoms with E-state index in [1.165, 1.54) is 0 Å². The van der Waals surface area contributed by atoms with Crippen LogP contribution < -0.4 is 10.2 Å². The predicted molar refractivity (Wildman–Crippen MR) is 85.9 cm³/mol. The van der Waals surface area contributed by atoms with Crippen molar-refractivity contribution < 1.29 is 9.53 Å². The Morgan fingerprint density at radius 1 is 1.24 bits per heavy atom. The van der Waals surface area contributed by atoms with E-state index in [1.807, 2.05) is 45.0 Å². The topological polar surface area (TPSA) is 41.6 Å². The fourth-order valence-corrected chi connectivity index (χ4v) is 2.51. The van der Waals surface area contributed by atoms with Crippen LogP contribution in [-0.4, -0.2) is 36.7 Å². The molecule has 0 saturated carbocycles. The van der Waals surface area contributed by atoms with Gasteiger partial charge in [-0.05, 0) is 58.9 Å². The van der Waals surface area contributed by atoms with Gasteiger partial charge in [0.25, 0.3) is 0 Å². The molecule has 0 atom stereocenters. The Balaban J connectivity index is 2.07. The van der Waals surface area contributed by atoms with E-state index >= 15 is 0 Å². The van der Waals surface area contributed by atoms with Gasteiger partial charge in [-0.1, -0.05) is 0 Å². The molecule has 0 spiro atoms. The van der Waals surface area contributed by atoms with Gasteiger partial charge in [-0.3, -0.25) is 0 Å². The van der Waals surface area contributed by atoms with Crippen molar-refractivity contribution in [2.24, 2.45) is 0 Å². The molecule has 1 fully saturated rings. The lowest BCUT2D eigenvalue weighted by atomic mass is 10.0. The monoisotopic (exact) mass is 290 g/mol. The van der Waals surface area contributed by atoms with Crippen LogP contribution in [0.25, 0.3) is 0 Å². The number of esters is 1. The quantitative estimate of drug-likeness (QED) is 0.850. The third-order valence-corrected chi connectivity index (χ3v) is 3.44. The van der Waals surface area contributed by atoms with Crippen LogP contribution in [0.3, 0.4) is 0 Å². The van der Waals surface area contributed by atoms with E-state index in [-0.39, 0.29) is 11.5 Å². The van der Waals surface area contributed by atoms with E-state index in [2.05, 4.69) is 24.1 Å². The van der Waals surface area contributed by atoms with E-state index in [9.17, 15) is 4.79 Å². The molecular formula is C17H26N2O2. The number of carbonyl (C=O) groups is 1. The van der Waals surface area contributed by atoms with Crippen LogP contribution in [0, 0.1) is 0 Å². The highest BCUT2D eigenvalue weighted by atomic mass is 16.6. The van der Waals surface area contributed by atoms with Crippen molar-refractivity contribution in [2.75, 3.05) is 24.5 Å². The second-order valence-electron chi connectivity index (χ2n) is 7.28. The summed E-state index contributed by atoms with van der Waals surface area (Å²) >= 11 is 0. The highest BCUT2D eigenvalue weighted by Gasteiger charge is 2.26. The highest BCUT2D eigenvalue weighted by molar-refractivity contribution is 5.90. The van der Waals surface area contributed by atoms with E-state index in [1.54, 1.807) is 0 Å². The van der Waals surface area contributed by atoms with Gasteiger partial charge < -0.3 is 15.0 Å². The SMILES string of the molecule is CC1(C)CN(c2ccc(C(=O)OC(C)(C)C)cc2)CCN1. The minimum Gasteiger partial charge on any atom is -0.456 e. The van der Waals surface area contributed by atoms with Crippen LogP contribution in [0.2, 0.25) is 0 Å². The van der Waals surface area contributed by atoms with Crippen molar-refractivity contribution in [2.45, 2.75) is 45.8 Å². The fraction of sp³-hybridized carbons (Fsp3) is 0.588. The second kappa shape index (κ2) is 5.68. The zero-order valence-electron chi connectivity index (χ0n) is 13.7. The van der Waals surface area contributed by atoms with Crippen molar-refractivity contribution in [3.8, 4) is 0 Å². The number of benzene rings is 1. The normalized spacial score (nSPS) is 18.4. The molecule has 1 N–H and O–H groups in total. The maximum Gasteiger partial charge on any atom is 0.338 e. The van der Waals surface area contributed by atoms with Crippen LogP contribution in [0.1, 0.15) is 45.0 Å². The molecule has 0 aliphatic carbocycles. The highest BCUT2D eigenvalue weighted by Crippen LogP contribution is 2.21. The molecule has 0 bridgehead atoms. The number of rotatable bonds is 2. The second-order valence-corrected chi connectivity index (χ2v) is 7.28. The summed E-state index contributed by atoms with van der Waals surface area (Å²) in [5.74, 6) is -0.269. The van der Waals surface area contributed by atoms with Crippen LogP contribution in [-0.2, 0) is 4.74 Å². The summed E-state index contributed by atoms with van der Waals surface area (Å²) in [5.41, 5.74) is 1.40. The largest absolute Gasteiger partial charge is 0.456 e. The summed E-state index contributed by atoms with van der Waals surface area (Å²) in [6, 6.07) is 7.69. The van der Waals surface area contributed by atoms with Crippen molar-refractivity contribution in [1.29, 1.82) is 0 Å². The number of nitrogens with one attached hydrogen (secondary N) is 1. The first-order valence-electron chi connectivity index (χ1n) is 7.50. The van der Waals surface area contributed by atoms with Gasteiger partial charge in [0, 0.05) is 30.9 Å². The standard InChI is InChI=1S/C17H26N2O2/c1-16(2,3)21-15(20)13-6-8-14(9-7-13)19-11-10-18-17(4,5)12-19/h6-9,18H,10-12H2,1-5H3. The lowest BCUT2D eigenvalue weighted by Crippen LogP contribution is -2.57. The van der Waals surface area contributed by atoms with Gasteiger partial charge in [-0.25, -0.2) is 4.79 Å². The molecule has 0 radical (unpaired) electrons. The van der Waals surface area contributed by atoms with Crippen molar-refractivity contribution >= 4 is 11.7 Å². The zero-order chi connectivity index (χ0) is 15.7. The number of nitrogens with zero attached hydrogens (tertiary/aromatic N) is 1. The smallest absolute Gasteiger partial charge is 0.338 e. The van der Waals surface area contributed by atoms with Gasteiger partial charge in [0.1, 0.15) is 5.60 Å². The molecule has 1 aliphatic rings. The lowest BCUT2D eigenvalue weighted by Gasteiger charge is -2.40. The number of carbonyl (C=O) groups excluding carboxylic acids is 1. The molecule has 4 heteroatoms. The minimum absolute atomic E-state index is 0.113. The molecule has 1 aromatic carbocycles. The molecule has 0 unspecified atom stereocenters. The van der Waals surface area contributed by atoms with E-state index in [0.29, 0.717) is 5.56 Å². The van der Waals surface area contributed by atoms with Crippen LogP contribution in [0.15, 0.2) is 24.3 Å². The van der Waals surface area contributed by atoms with Gasteiger partial charge in [-0.2, -0.15) is 0 Å². The molecule has 1 aliphatic heterocycles. The molecule has 0 amide bonds. The Labute approximate surface area is 127 Å². The van der Waals surface area contributed by atoms with Crippen molar-refractivity contribution in [1.82, 2.24) is 5.32 Å². The van der Waals surface area contributed by atoms with E-state index < -0.39 is 5.60 Å². The third-order valence-electron chi connectivity index (χ3n) is 3.44. The van der Waals surface area contributed by atoms with Gasteiger partial charge in [0.15, 0.2) is 0 Å². The number of hydrogen-bond donors (Lipinski definition) is 1. The van der Waals surface area contributed by atoms with Gasteiger partial charge in [0.05, 0.1) is 5.56 Å². The predicted octanol–water partition coefficient (Wildman–Crippen LogP) is 2.83. The average Bonchev–Trinajstić information content (AvgIpc) is 2.36. The van der Waals surface area contributed by atoms with Crippen LogP contribution in [0.5, 0.6) is 0 Å². The Bertz CT molecular complexity index is 501. The Morgan fingerprint density at radius 2 is 1.86 bits per heavy atom. The molecule has 116 valence electrons. The number of piperazine rings is 1. The average molecular weight is 290 g/mol. The molecule has 2 rings (SSSR count). The summed E-state index contributed by atoms with van der Waals surface area (Å²) in [6.45, 7) is 12.9. The summed E-state index contributed by atoms with van der Waals surface area (Å²) in [4.78, 5) is 14.3. The molecule has 1 saturated heterocycles. The molecule has 4 nitrogen and oxygen atoms in total. The van der Waals surface area contributed by atoms with E-state index in [4.69, 9.17) is 4.74 Å². The molecule has 1 heterocycles. The van der Waals surface area contributed by atoms with Crippen LogP contribution >= 0.6 is 0 Å². The number of anilines is 1. The first-order valence-corrected chi connectivity index (χ1v) is 7.50. The fourth-order valence-electron chi connectivity index (χ4n) is 2.51. The Hall–Kier alpha value is -1.55. The lowest BCUT2D eigenvalue weighted by molar-refractivity contribution is 0.00695.